The van der Waals surface area contributed by atoms with E-state index in [9.17, 15) is 14.0 Å². The maximum atomic E-state index is 13.2. The molecular formula is C19H18FN3O2S2. The molecule has 0 saturated heterocycles. The Kier molecular flexibility index (Phi) is 4.77. The van der Waals surface area contributed by atoms with Crippen LogP contribution in [0.5, 0.6) is 0 Å². The Hall–Kier alpha value is -2.19. The number of thiophene rings is 1. The maximum absolute atomic E-state index is 13.2. The van der Waals surface area contributed by atoms with E-state index in [4.69, 9.17) is 0 Å². The number of aromatic nitrogens is 2. The van der Waals surface area contributed by atoms with Gasteiger partial charge in [-0.1, -0.05) is 23.9 Å². The zero-order valence-corrected chi connectivity index (χ0v) is 16.5. The number of fused-ring (bicyclic) bond motifs is 1. The molecular weight excluding hydrogens is 385 g/mol. The molecule has 0 aliphatic heterocycles. The lowest BCUT2D eigenvalue weighted by Crippen LogP contribution is -2.32. The molecule has 4 rings (SSSR count). The third kappa shape index (κ3) is 3.77. The highest BCUT2D eigenvalue weighted by Crippen LogP contribution is 2.36. The van der Waals surface area contributed by atoms with Crippen LogP contribution in [0, 0.1) is 12.7 Å². The Balaban J connectivity index is 1.67. The van der Waals surface area contributed by atoms with Crippen molar-refractivity contribution in [2.45, 2.75) is 43.1 Å². The number of nitrogens with one attached hydrogen (secondary N) is 2. The molecule has 1 aliphatic rings. The monoisotopic (exact) mass is 403 g/mol. The van der Waals surface area contributed by atoms with Crippen molar-refractivity contribution in [1.29, 1.82) is 0 Å². The fraction of sp³-hybridized carbons (Fsp3) is 0.316. The molecule has 1 saturated carbocycles. The third-order valence-electron chi connectivity index (χ3n) is 4.43. The summed E-state index contributed by atoms with van der Waals surface area (Å²) in [5.41, 5.74) is 1.31. The van der Waals surface area contributed by atoms with Crippen molar-refractivity contribution in [1.82, 2.24) is 15.3 Å². The van der Waals surface area contributed by atoms with Gasteiger partial charge >= 0.3 is 0 Å². The van der Waals surface area contributed by atoms with Crippen molar-refractivity contribution in [2.24, 2.45) is 0 Å². The van der Waals surface area contributed by atoms with E-state index in [1.807, 2.05) is 6.92 Å². The first-order valence-corrected chi connectivity index (χ1v) is 10.4. The molecule has 140 valence electrons. The van der Waals surface area contributed by atoms with Gasteiger partial charge in [-0.25, -0.2) is 9.37 Å². The van der Waals surface area contributed by atoms with Gasteiger partial charge < -0.3 is 10.3 Å². The predicted octanol–water partition coefficient (Wildman–Crippen LogP) is 3.86. The predicted molar refractivity (Wildman–Crippen MR) is 107 cm³/mol. The molecule has 2 heterocycles. The first kappa shape index (κ1) is 18.2. The van der Waals surface area contributed by atoms with Crippen LogP contribution in [0.4, 0.5) is 4.39 Å². The van der Waals surface area contributed by atoms with Crippen LogP contribution in [0.3, 0.4) is 0 Å². The summed E-state index contributed by atoms with van der Waals surface area (Å²) in [5, 5.41) is 3.55. The van der Waals surface area contributed by atoms with E-state index in [2.05, 4.69) is 15.3 Å². The second kappa shape index (κ2) is 7.09. The van der Waals surface area contributed by atoms with Crippen molar-refractivity contribution in [2.75, 3.05) is 0 Å². The lowest BCUT2D eigenvalue weighted by Gasteiger charge is -2.10. The number of hydrogen-bond donors (Lipinski definition) is 2. The van der Waals surface area contributed by atoms with E-state index < -0.39 is 0 Å². The van der Waals surface area contributed by atoms with E-state index in [1.165, 1.54) is 35.2 Å². The molecule has 0 radical (unpaired) electrons. The van der Waals surface area contributed by atoms with Gasteiger partial charge in [0, 0.05) is 16.5 Å². The number of carbonyl (C=O) groups is 1. The van der Waals surface area contributed by atoms with Crippen LogP contribution in [-0.4, -0.2) is 27.2 Å². The van der Waals surface area contributed by atoms with Gasteiger partial charge in [0.25, 0.3) is 5.56 Å². The smallest absolute Gasteiger partial charge is 0.260 e. The number of amides is 1. The van der Waals surface area contributed by atoms with E-state index in [-0.39, 0.29) is 22.5 Å². The fourth-order valence-electron chi connectivity index (χ4n) is 2.89. The van der Waals surface area contributed by atoms with Crippen molar-refractivity contribution >= 4 is 39.2 Å². The summed E-state index contributed by atoms with van der Waals surface area (Å²) >= 11 is 2.67. The standard InChI is InChI=1S/C19H18FN3O2S2/c1-9-14(11-3-5-12(20)6-4-11)15-17(25)22-19(23-18(15)26-9)27-10(2)16(24)21-13-7-8-13/h3-6,10,13H,7-8H2,1-2H3,(H,21,24)(H,22,23,25)/t10-/m0/s1. The van der Waals surface area contributed by atoms with Crippen LogP contribution in [0.25, 0.3) is 21.3 Å². The summed E-state index contributed by atoms with van der Waals surface area (Å²) in [5.74, 6) is -0.361. The molecule has 1 aromatic carbocycles. The van der Waals surface area contributed by atoms with Crippen LogP contribution in [0.2, 0.25) is 0 Å². The van der Waals surface area contributed by atoms with Gasteiger partial charge in [-0.2, -0.15) is 0 Å². The fourth-order valence-corrected chi connectivity index (χ4v) is 4.80. The number of aromatic amines is 1. The molecule has 1 amide bonds. The Bertz CT molecular complexity index is 1070. The van der Waals surface area contributed by atoms with Crippen LogP contribution < -0.4 is 10.9 Å². The van der Waals surface area contributed by atoms with Gasteiger partial charge in [0.1, 0.15) is 10.6 Å². The molecule has 5 nitrogen and oxygen atoms in total. The van der Waals surface area contributed by atoms with Crippen molar-refractivity contribution in [3.05, 3.63) is 45.3 Å². The number of nitrogens with zero attached hydrogens (tertiary/aromatic N) is 1. The molecule has 1 fully saturated rings. The molecule has 1 aliphatic carbocycles. The topological polar surface area (TPSA) is 74.8 Å². The molecule has 0 bridgehead atoms. The second-order valence-electron chi connectivity index (χ2n) is 6.63. The first-order chi connectivity index (χ1) is 12.9. The van der Waals surface area contributed by atoms with E-state index in [0.717, 1.165) is 28.8 Å². The minimum absolute atomic E-state index is 0.0420. The van der Waals surface area contributed by atoms with E-state index >= 15 is 0 Å². The largest absolute Gasteiger partial charge is 0.352 e. The number of thioether (sulfide) groups is 1. The average molecular weight is 404 g/mol. The lowest BCUT2D eigenvalue weighted by atomic mass is 10.0. The molecule has 0 spiro atoms. The Morgan fingerprint density at radius 3 is 2.74 bits per heavy atom. The summed E-state index contributed by atoms with van der Waals surface area (Å²) in [7, 11) is 0. The van der Waals surface area contributed by atoms with E-state index in [1.54, 1.807) is 19.1 Å². The molecule has 3 aromatic rings. The number of rotatable bonds is 5. The number of carbonyl (C=O) groups excluding carboxylic acids is 1. The lowest BCUT2D eigenvalue weighted by molar-refractivity contribution is -0.120. The number of aryl methyl sites for hydroxylation is 1. The summed E-state index contributed by atoms with van der Waals surface area (Å²) in [4.78, 5) is 33.8. The average Bonchev–Trinajstić information content (AvgIpc) is 3.36. The molecule has 2 aromatic heterocycles. The summed E-state index contributed by atoms with van der Waals surface area (Å²) in [6, 6.07) is 6.38. The van der Waals surface area contributed by atoms with Gasteiger partial charge in [-0.05, 0) is 44.4 Å². The summed E-state index contributed by atoms with van der Waals surface area (Å²) < 4.78 is 13.2. The quantitative estimate of drug-likeness (QED) is 0.501. The van der Waals surface area contributed by atoms with Crippen molar-refractivity contribution in [3.8, 4) is 11.1 Å². The zero-order valence-electron chi connectivity index (χ0n) is 14.8. The van der Waals surface area contributed by atoms with Gasteiger partial charge in [0.2, 0.25) is 5.91 Å². The SMILES string of the molecule is Cc1sc2nc(S[C@@H](C)C(=O)NC3CC3)[nH]c(=O)c2c1-c1ccc(F)cc1. The number of benzene rings is 1. The highest BCUT2D eigenvalue weighted by molar-refractivity contribution is 8.00. The Labute approximate surface area is 163 Å². The third-order valence-corrected chi connectivity index (χ3v) is 6.41. The molecule has 0 unspecified atom stereocenters. The molecule has 1 atom stereocenters. The minimum atomic E-state index is -0.344. The van der Waals surface area contributed by atoms with Gasteiger partial charge in [0.15, 0.2) is 5.16 Å². The number of H-pyrrole nitrogens is 1. The van der Waals surface area contributed by atoms with Crippen LogP contribution in [0.1, 0.15) is 24.6 Å². The Morgan fingerprint density at radius 1 is 1.37 bits per heavy atom. The molecule has 2 N–H and O–H groups in total. The van der Waals surface area contributed by atoms with Crippen molar-refractivity contribution < 1.29 is 9.18 Å². The number of halogens is 1. The summed E-state index contributed by atoms with van der Waals surface area (Å²) in [6.07, 6.45) is 2.07. The second-order valence-corrected chi connectivity index (χ2v) is 9.17. The van der Waals surface area contributed by atoms with E-state index in [0.29, 0.717) is 21.4 Å². The maximum Gasteiger partial charge on any atom is 0.260 e. The molecule has 27 heavy (non-hydrogen) atoms. The highest BCUT2D eigenvalue weighted by Gasteiger charge is 2.26. The van der Waals surface area contributed by atoms with Gasteiger partial charge in [0.05, 0.1) is 10.6 Å². The highest BCUT2D eigenvalue weighted by atomic mass is 32.2. The zero-order chi connectivity index (χ0) is 19.1. The van der Waals surface area contributed by atoms with Gasteiger partial charge in [-0.3, -0.25) is 9.59 Å². The first-order valence-electron chi connectivity index (χ1n) is 8.69. The Morgan fingerprint density at radius 2 is 2.07 bits per heavy atom. The summed E-state index contributed by atoms with van der Waals surface area (Å²) in [6.45, 7) is 3.72. The van der Waals surface area contributed by atoms with Gasteiger partial charge in [-0.15, -0.1) is 11.3 Å². The normalized spacial score (nSPS) is 15.1. The van der Waals surface area contributed by atoms with Crippen LogP contribution >= 0.6 is 23.1 Å². The van der Waals surface area contributed by atoms with Crippen LogP contribution in [0.15, 0.2) is 34.2 Å². The molecule has 8 heteroatoms. The van der Waals surface area contributed by atoms with Crippen molar-refractivity contribution in [3.63, 3.8) is 0 Å². The van der Waals surface area contributed by atoms with Crippen LogP contribution in [-0.2, 0) is 4.79 Å². The number of hydrogen-bond acceptors (Lipinski definition) is 5. The minimum Gasteiger partial charge on any atom is -0.352 e.